The van der Waals surface area contributed by atoms with E-state index in [9.17, 15) is 0 Å². The quantitative estimate of drug-likeness (QED) is 0.442. The molecule has 0 atom stereocenters. The van der Waals surface area contributed by atoms with Crippen LogP contribution in [0.5, 0.6) is 0 Å². The Hall–Kier alpha value is -1.78. The van der Waals surface area contributed by atoms with E-state index in [1.165, 1.54) is 0 Å². The second-order valence-electron chi connectivity index (χ2n) is 3.26. The van der Waals surface area contributed by atoms with Gasteiger partial charge in [-0.1, -0.05) is 0 Å². The highest BCUT2D eigenvalue weighted by Gasteiger charge is 2.15. The summed E-state index contributed by atoms with van der Waals surface area (Å²) < 4.78 is 1.57. The minimum absolute atomic E-state index is 0.479. The molecule has 0 unspecified atom stereocenters. The molecule has 0 saturated heterocycles. The van der Waals surface area contributed by atoms with Crippen LogP contribution in [0.25, 0.3) is 11.0 Å². The van der Waals surface area contributed by atoms with Gasteiger partial charge in [-0.15, -0.1) is 0 Å². The van der Waals surface area contributed by atoms with Gasteiger partial charge < -0.3 is 22.3 Å². The molecular weight excluding hydrogens is 166 g/mol. The van der Waals surface area contributed by atoms with E-state index in [0.717, 1.165) is 22.3 Å². The zero-order valence-electron chi connectivity index (χ0n) is 7.68. The molecule has 2 heterocycles. The van der Waals surface area contributed by atoms with Gasteiger partial charge in [-0.2, -0.15) is 0 Å². The SMILES string of the molecule is Cc1c(C)n(N)c2[nH]c(N)c(N)c12. The molecule has 0 fully saturated rings. The van der Waals surface area contributed by atoms with Gasteiger partial charge in [0.1, 0.15) is 11.5 Å². The highest BCUT2D eigenvalue weighted by Crippen LogP contribution is 2.31. The number of nitrogens with zero attached hydrogens (tertiary/aromatic N) is 1. The topological polar surface area (TPSA) is 98.8 Å². The van der Waals surface area contributed by atoms with Gasteiger partial charge in [-0.3, -0.25) is 4.68 Å². The molecule has 0 radical (unpaired) electrons. The standard InChI is InChI=1S/C8H13N5/c1-3-4(2)13(11)8-5(3)6(9)7(10)12-8/h12H,9-11H2,1-2H3. The van der Waals surface area contributed by atoms with Gasteiger partial charge >= 0.3 is 0 Å². The minimum Gasteiger partial charge on any atom is -0.395 e. The Bertz CT molecular complexity index is 476. The van der Waals surface area contributed by atoms with Crippen molar-refractivity contribution in [3.05, 3.63) is 11.3 Å². The molecule has 0 aliphatic carbocycles. The van der Waals surface area contributed by atoms with Crippen molar-refractivity contribution < 1.29 is 0 Å². The lowest BCUT2D eigenvalue weighted by molar-refractivity contribution is 0.972. The summed E-state index contributed by atoms with van der Waals surface area (Å²) in [6.45, 7) is 3.92. The molecular formula is C8H13N5. The van der Waals surface area contributed by atoms with E-state index < -0.39 is 0 Å². The summed E-state index contributed by atoms with van der Waals surface area (Å²) in [5.41, 5.74) is 14.9. The lowest BCUT2D eigenvalue weighted by atomic mass is 10.2. The molecule has 5 heteroatoms. The van der Waals surface area contributed by atoms with Crippen LogP contribution in [0, 0.1) is 13.8 Å². The zero-order valence-corrected chi connectivity index (χ0v) is 7.68. The molecule has 2 rings (SSSR count). The van der Waals surface area contributed by atoms with Gasteiger partial charge in [-0.05, 0) is 19.4 Å². The molecule has 0 bridgehead atoms. The van der Waals surface area contributed by atoms with Crippen molar-refractivity contribution >= 4 is 22.5 Å². The summed E-state index contributed by atoms with van der Waals surface area (Å²) in [6, 6.07) is 0. The van der Waals surface area contributed by atoms with E-state index in [1.807, 2.05) is 13.8 Å². The van der Waals surface area contributed by atoms with Crippen molar-refractivity contribution in [2.75, 3.05) is 17.3 Å². The van der Waals surface area contributed by atoms with Gasteiger partial charge in [0.2, 0.25) is 0 Å². The summed E-state index contributed by atoms with van der Waals surface area (Å²) in [4.78, 5) is 2.95. The molecule has 7 N–H and O–H groups in total. The molecule has 0 amide bonds. The molecule has 5 nitrogen and oxygen atoms in total. The van der Waals surface area contributed by atoms with Crippen molar-refractivity contribution in [2.24, 2.45) is 0 Å². The van der Waals surface area contributed by atoms with E-state index in [0.29, 0.717) is 11.5 Å². The van der Waals surface area contributed by atoms with E-state index in [1.54, 1.807) is 4.68 Å². The molecule has 0 spiro atoms. The van der Waals surface area contributed by atoms with Crippen LogP contribution in [0.15, 0.2) is 0 Å². The number of hydrogen-bond donors (Lipinski definition) is 4. The number of aromatic nitrogens is 2. The first-order valence-electron chi connectivity index (χ1n) is 4.03. The second kappa shape index (κ2) is 2.12. The first-order chi connectivity index (χ1) is 6.04. The molecule has 70 valence electrons. The number of fused-ring (bicyclic) bond motifs is 1. The smallest absolute Gasteiger partial charge is 0.140 e. The Morgan fingerprint density at radius 2 is 1.85 bits per heavy atom. The van der Waals surface area contributed by atoms with Crippen molar-refractivity contribution in [1.82, 2.24) is 9.66 Å². The Balaban J connectivity index is 3.01. The summed E-state index contributed by atoms with van der Waals surface area (Å²) >= 11 is 0. The average molecular weight is 179 g/mol. The highest BCUT2D eigenvalue weighted by atomic mass is 15.3. The number of anilines is 2. The van der Waals surface area contributed by atoms with Crippen LogP contribution in [0.3, 0.4) is 0 Å². The minimum atomic E-state index is 0.479. The predicted octanol–water partition coefficient (Wildman–Crippen LogP) is 0.464. The second-order valence-corrected chi connectivity index (χ2v) is 3.26. The van der Waals surface area contributed by atoms with Gasteiger partial charge in [0.15, 0.2) is 0 Å². The maximum Gasteiger partial charge on any atom is 0.140 e. The molecule has 2 aromatic rings. The monoisotopic (exact) mass is 179 g/mol. The van der Waals surface area contributed by atoms with Crippen LogP contribution in [0.4, 0.5) is 11.5 Å². The lowest BCUT2D eigenvalue weighted by Crippen LogP contribution is -2.10. The zero-order chi connectivity index (χ0) is 9.75. The normalized spacial score (nSPS) is 11.2. The number of H-pyrrole nitrogens is 1. The summed E-state index contributed by atoms with van der Waals surface area (Å²) in [6.07, 6.45) is 0. The highest BCUT2D eigenvalue weighted by molar-refractivity contribution is 5.99. The molecule has 0 aliphatic heterocycles. The van der Waals surface area contributed by atoms with Crippen molar-refractivity contribution in [1.29, 1.82) is 0 Å². The van der Waals surface area contributed by atoms with Gasteiger partial charge in [0, 0.05) is 11.1 Å². The van der Waals surface area contributed by atoms with Crippen LogP contribution in [0.2, 0.25) is 0 Å². The number of aryl methyl sites for hydroxylation is 1. The number of rotatable bonds is 0. The van der Waals surface area contributed by atoms with Crippen LogP contribution < -0.4 is 17.3 Å². The fourth-order valence-electron chi connectivity index (χ4n) is 1.61. The first-order valence-corrected chi connectivity index (χ1v) is 4.03. The maximum atomic E-state index is 5.80. The number of nitrogens with one attached hydrogen (secondary N) is 1. The number of hydrogen-bond acceptors (Lipinski definition) is 3. The van der Waals surface area contributed by atoms with E-state index >= 15 is 0 Å². The number of aromatic amines is 1. The van der Waals surface area contributed by atoms with E-state index in [2.05, 4.69) is 4.98 Å². The van der Waals surface area contributed by atoms with E-state index in [-0.39, 0.29) is 0 Å². The summed E-state index contributed by atoms with van der Waals surface area (Å²) in [7, 11) is 0. The molecule has 0 aromatic carbocycles. The number of nitrogens with two attached hydrogens (primary N) is 3. The fourth-order valence-corrected chi connectivity index (χ4v) is 1.61. The van der Waals surface area contributed by atoms with Gasteiger partial charge in [0.05, 0.1) is 5.69 Å². The lowest BCUT2D eigenvalue weighted by Gasteiger charge is -1.98. The third kappa shape index (κ3) is 0.756. The Morgan fingerprint density at radius 3 is 2.38 bits per heavy atom. The van der Waals surface area contributed by atoms with Crippen LogP contribution >= 0.6 is 0 Å². The van der Waals surface area contributed by atoms with Crippen LogP contribution in [0.1, 0.15) is 11.3 Å². The largest absolute Gasteiger partial charge is 0.395 e. The predicted molar refractivity (Wildman–Crippen MR) is 54.7 cm³/mol. The van der Waals surface area contributed by atoms with Crippen molar-refractivity contribution in [3.8, 4) is 0 Å². The number of nitrogen functional groups attached to an aromatic ring is 3. The summed E-state index contributed by atoms with van der Waals surface area (Å²) in [5, 5.41) is 0.928. The molecule has 13 heavy (non-hydrogen) atoms. The first kappa shape index (κ1) is 7.85. The van der Waals surface area contributed by atoms with E-state index in [4.69, 9.17) is 17.3 Å². The fraction of sp³-hybridized carbons (Fsp3) is 0.250. The average Bonchev–Trinajstić information content (AvgIpc) is 2.48. The Labute approximate surface area is 75.5 Å². The molecule has 2 aromatic heterocycles. The third-order valence-electron chi connectivity index (χ3n) is 2.57. The van der Waals surface area contributed by atoms with Crippen molar-refractivity contribution in [3.63, 3.8) is 0 Å². The third-order valence-corrected chi connectivity index (χ3v) is 2.57. The van der Waals surface area contributed by atoms with Crippen LogP contribution in [-0.2, 0) is 0 Å². The maximum absolute atomic E-state index is 5.80. The van der Waals surface area contributed by atoms with Gasteiger partial charge in [0.25, 0.3) is 0 Å². The Morgan fingerprint density at radius 1 is 1.23 bits per heavy atom. The van der Waals surface area contributed by atoms with Gasteiger partial charge in [-0.25, -0.2) is 0 Å². The Kier molecular flexibility index (Phi) is 1.28. The van der Waals surface area contributed by atoms with Crippen LogP contribution in [-0.4, -0.2) is 9.66 Å². The summed E-state index contributed by atoms with van der Waals surface area (Å²) in [5.74, 6) is 6.27. The molecule has 0 aliphatic rings. The molecule has 0 saturated carbocycles. The van der Waals surface area contributed by atoms with Crippen molar-refractivity contribution in [2.45, 2.75) is 13.8 Å².